The maximum absolute atomic E-state index is 11.6. The molecule has 0 spiro atoms. The van der Waals surface area contributed by atoms with E-state index in [2.05, 4.69) is 21.5 Å². The van der Waals surface area contributed by atoms with Crippen LogP contribution in [0.15, 0.2) is 16.2 Å². The van der Waals surface area contributed by atoms with Crippen LogP contribution in [0.25, 0.3) is 0 Å². The van der Waals surface area contributed by atoms with Gasteiger partial charge in [-0.3, -0.25) is 0 Å². The molecule has 1 rings (SSSR count). The van der Waals surface area contributed by atoms with Crippen molar-refractivity contribution in [1.29, 1.82) is 0 Å². The summed E-state index contributed by atoms with van der Waals surface area (Å²) in [6.45, 7) is 2.19. The maximum atomic E-state index is 11.6. The van der Waals surface area contributed by atoms with Crippen molar-refractivity contribution < 1.29 is 9.59 Å². The molecule has 0 aliphatic rings. The topological polar surface area (TPSA) is 72.2 Å². The number of ketones is 1. The summed E-state index contributed by atoms with van der Waals surface area (Å²) in [4.78, 5) is 22.5. The van der Waals surface area contributed by atoms with Gasteiger partial charge in [-0.15, -0.1) is 0 Å². The van der Waals surface area contributed by atoms with Crippen LogP contribution in [0, 0.1) is 0 Å². The van der Waals surface area contributed by atoms with E-state index in [4.69, 9.17) is 5.73 Å². The SMILES string of the molecule is CC(=O)C(N)CCCCNC(=O)CCc1ccc[te]1. The summed E-state index contributed by atoms with van der Waals surface area (Å²) < 4.78 is 3.68. The van der Waals surface area contributed by atoms with E-state index in [9.17, 15) is 9.59 Å². The standard InChI is InChI=1S/C14H22N2O2Te/c1-11(17)13(15)6-2-3-9-16-14(18)8-7-12-5-4-10-19-12/h4-5,10,13H,2-3,6-9,15H2,1H3,(H,16,18). The van der Waals surface area contributed by atoms with Crippen molar-refractivity contribution in [3.8, 4) is 0 Å². The van der Waals surface area contributed by atoms with E-state index < -0.39 is 0 Å². The van der Waals surface area contributed by atoms with Gasteiger partial charge in [0.2, 0.25) is 0 Å². The number of nitrogens with two attached hydrogens (primary N) is 1. The number of carbonyl (C=O) groups excluding carboxylic acids is 2. The van der Waals surface area contributed by atoms with Crippen molar-refractivity contribution in [3.63, 3.8) is 0 Å². The fourth-order valence-electron chi connectivity index (χ4n) is 1.70. The predicted octanol–water partition coefficient (Wildman–Crippen LogP) is 0.879. The van der Waals surface area contributed by atoms with E-state index >= 15 is 0 Å². The van der Waals surface area contributed by atoms with Gasteiger partial charge in [-0.2, -0.15) is 0 Å². The van der Waals surface area contributed by atoms with Crippen molar-refractivity contribution in [2.75, 3.05) is 6.54 Å². The van der Waals surface area contributed by atoms with Crippen LogP contribution in [0.1, 0.15) is 36.2 Å². The Bertz CT molecular complexity index is 390. The molecule has 1 atom stereocenters. The molecule has 1 aromatic rings. The van der Waals surface area contributed by atoms with Crippen LogP contribution in [0.3, 0.4) is 0 Å². The van der Waals surface area contributed by atoms with Gasteiger partial charge in [-0.05, 0) is 0 Å². The number of nitrogens with one attached hydrogen (secondary N) is 1. The number of Topliss-reactive ketones (excluding diaryl/α,β-unsaturated/α-hetero) is 1. The summed E-state index contributed by atoms with van der Waals surface area (Å²) in [6.07, 6.45) is 3.95. The average Bonchev–Trinajstić information content (AvgIpc) is 2.88. The summed E-state index contributed by atoms with van der Waals surface area (Å²) in [5.41, 5.74) is 5.63. The Balaban J connectivity index is 2.00. The van der Waals surface area contributed by atoms with E-state index in [0.717, 1.165) is 19.3 Å². The van der Waals surface area contributed by atoms with Gasteiger partial charge in [0.05, 0.1) is 0 Å². The number of hydrogen-bond donors (Lipinski definition) is 2. The van der Waals surface area contributed by atoms with Crippen LogP contribution in [-0.4, -0.2) is 44.7 Å². The molecular weight excluding hydrogens is 356 g/mol. The van der Waals surface area contributed by atoms with Crippen molar-refractivity contribution in [1.82, 2.24) is 5.32 Å². The second-order valence-corrected chi connectivity index (χ2v) is 7.59. The minimum atomic E-state index is -0.345. The first kappa shape index (κ1) is 16.4. The molecule has 0 aliphatic carbocycles. The van der Waals surface area contributed by atoms with Gasteiger partial charge in [0.25, 0.3) is 0 Å². The van der Waals surface area contributed by atoms with Crippen molar-refractivity contribution in [2.24, 2.45) is 5.73 Å². The van der Waals surface area contributed by atoms with E-state index in [0.29, 0.717) is 19.4 Å². The first-order valence-corrected chi connectivity index (χ1v) is 9.15. The Kier molecular flexibility index (Phi) is 8.04. The predicted molar refractivity (Wildman–Crippen MR) is 77.2 cm³/mol. The monoisotopic (exact) mass is 380 g/mol. The van der Waals surface area contributed by atoms with Crippen LogP contribution >= 0.6 is 0 Å². The van der Waals surface area contributed by atoms with Crippen LogP contribution in [0.2, 0.25) is 0 Å². The molecule has 4 nitrogen and oxygen atoms in total. The fourth-order valence-corrected chi connectivity index (χ4v) is 3.72. The number of unbranched alkanes of at least 4 members (excludes halogenated alkanes) is 1. The summed E-state index contributed by atoms with van der Waals surface area (Å²) in [5, 5.41) is 2.91. The first-order chi connectivity index (χ1) is 9.09. The average molecular weight is 378 g/mol. The third kappa shape index (κ3) is 7.51. The number of aryl methyl sites for hydroxylation is 1. The van der Waals surface area contributed by atoms with Crippen LogP contribution in [0.5, 0.6) is 0 Å². The Morgan fingerprint density at radius 1 is 1.42 bits per heavy atom. The molecule has 0 aliphatic heterocycles. The van der Waals surface area contributed by atoms with Crippen molar-refractivity contribution in [2.45, 2.75) is 45.1 Å². The molecule has 1 aromatic heterocycles. The molecule has 0 fully saturated rings. The Morgan fingerprint density at radius 3 is 2.84 bits per heavy atom. The number of amides is 1. The second kappa shape index (κ2) is 9.30. The zero-order valence-corrected chi connectivity index (χ0v) is 13.7. The van der Waals surface area contributed by atoms with Crippen molar-refractivity contribution in [3.05, 3.63) is 19.8 Å². The van der Waals surface area contributed by atoms with Gasteiger partial charge in [-0.1, -0.05) is 0 Å². The van der Waals surface area contributed by atoms with Gasteiger partial charge >= 0.3 is 124 Å². The van der Waals surface area contributed by atoms with Gasteiger partial charge in [0.15, 0.2) is 0 Å². The third-order valence-corrected chi connectivity index (χ3v) is 5.64. The summed E-state index contributed by atoms with van der Waals surface area (Å²) in [5.74, 6) is 0.155. The van der Waals surface area contributed by atoms with Gasteiger partial charge < -0.3 is 0 Å². The molecule has 5 heteroatoms. The molecule has 0 bridgehead atoms. The Labute approximate surface area is 124 Å². The molecule has 3 N–H and O–H groups in total. The summed E-state index contributed by atoms with van der Waals surface area (Å²) in [7, 11) is 0. The second-order valence-electron chi connectivity index (χ2n) is 4.64. The summed E-state index contributed by atoms with van der Waals surface area (Å²) in [6, 6.07) is 3.88. The van der Waals surface area contributed by atoms with Gasteiger partial charge in [-0.25, -0.2) is 0 Å². The summed E-state index contributed by atoms with van der Waals surface area (Å²) >= 11 is -0.101. The van der Waals surface area contributed by atoms with Crippen LogP contribution in [0.4, 0.5) is 0 Å². The molecule has 0 saturated heterocycles. The first-order valence-electron chi connectivity index (χ1n) is 6.64. The minimum absolute atomic E-state index is 0.0337. The zero-order chi connectivity index (χ0) is 14.1. The molecule has 0 radical (unpaired) electrons. The molecule has 19 heavy (non-hydrogen) atoms. The number of rotatable bonds is 9. The van der Waals surface area contributed by atoms with Crippen LogP contribution < -0.4 is 11.1 Å². The van der Waals surface area contributed by atoms with E-state index in [1.165, 1.54) is 10.5 Å². The molecule has 0 saturated carbocycles. The van der Waals surface area contributed by atoms with Gasteiger partial charge in [0.1, 0.15) is 0 Å². The van der Waals surface area contributed by atoms with E-state index in [1.807, 2.05) is 0 Å². The number of carbonyl (C=O) groups is 2. The Hall–Kier alpha value is -0.630. The molecule has 1 amide bonds. The molecule has 1 heterocycles. The van der Waals surface area contributed by atoms with Crippen LogP contribution in [-0.2, 0) is 16.0 Å². The molecule has 0 aromatic carbocycles. The number of hydrogen-bond acceptors (Lipinski definition) is 3. The molecule has 106 valence electrons. The van der Waals surface area contributed by atoms with Crippen molar-refractivity contribution >= 4 is 32.1 Å². The zero-order valence-electron chi connectivity index (χ0n) is 11.4. The van der Waals surface area contributed by atoms with Gasteiger partial charge in [0, 0.05) is 0 Å². The molecular formula is C14H22N2O2Te. The Morgan fingerprint density at radius 2 is 2.21 bits per heavy atom. The fraction of sp³-hybridized carbons (Fsp3) is 0.571. The third-order valence-electron chi connectivity index (χ3n) is 2.96. The van der Waals surface area contributed by atoms with E-state index in [1.54, 1.807) is 0 Å². The quantitative estimate of drug-likeness (QED) is 0.495. The molecule has 1 unspecified atom stereocenters. The van der Waals surface area contributed by atoms with E-state index in [-0.39, 0.29) is 38.2 Å². The normalized spacial score (nSPS) is 12.1.